The Labute approximate surface area is 249 Å². The van der Waals surface area contributed by atoms with E-state index in [1.165, 1.54) is 22.7 Å². The number of rotatable bonds is 7. The molecule has 1 saturated heterocycles. The Kier molecular flexibility index (Phi) is 8.13. The molecule has 0 unspecified atom stereocenters. The molecule has 2 amide bonds. The van der Waals surface area contributed by atoms with E-state index in [2.05, 4.69) is 11.4 Å². The van der Waals surface area contributed by atoms with Gasteiger partial charge in [0.15, 0.2) is 0 Å². The lowest BCUT2D eigenvalue weighted by molar-refractivity contribution is -0.123. The maximum Gasteiger partial charge on any atom is 0.240 e. The Morgan fingerprint density at radius 3 is 2.62 bits per heavy atom. The second kappa shape index (κ2) is 12.1. The molecule has 0 bridgehead atoms. The molecule has 2 atom stereocenters. The number of aromatic nitrogens is 2. The molecule has 3 heterocycles. The van der Waals surface area contributed by atoms with Gasteiger partial charge < -0.3 is 10.1 Å². The van der Waals surface area contributed by atoms with Crippen molar-refractivity contribution in [2.24, 2.45) is 0 Å². The molecule has 7 nitrogen and oxygen atoms in total. The van der Waals surface area contributed by atoms with Crippen LogP contribution in [0.1, 0.15) is 40.3 Å². The van der Waals surface area contributed by atoms with E-state index >= 15 is 4.39 Å². The lowest BCUT2D eigenvalue weighted by atomic mass is 9.99. The van der Waals surface area contributed by atoms with Crippen LogP contribution in [-0.4, -0.2) is 53.1 Å². The number of nitrogens with zero attached hydrogens (tertiary/aromatic N) is 3. The van der Waals surface area contributed by atoms with Crippen LogP contribution in [-0.2, 0) is 14.3 Å². The summed E-state index contributed by atoms with van der Waals surface area (Å²) in [6.45, 7) is 4.92. The van der Waals surface area contributed by atoms with E-state index in [1.807, 2.05) is 56.3 Å². The number of hydrogen-bond acceptors (Lipinski definition) is 5. The van der Waals surface area contributed by atoms with Crippen LogP contribution in [0.25, 0.3) is 16.9 Å². The highest BCUT2D eigenvalue weighted by atomic mass is 32.2. The number of amides is 2. The Morgan fingerprint density at radius 1 is 1.10 bits per heavy atom. The SMILES string of the molecule is Cc1ccc(-n2nc(-c3ccccc3)c3c2N(CC(=O)NC[C@H]2CCCO2)C(=O)CS[C@@H]3c2ccccc2F)c(C)c1. The summed E-state index contributed by atoms with van der Waals surface area (Å²) in [5, 5.41) is 7.54. The first-order valence-electron chi connectivity index (χ1n) is 14.2. The minimum Gasteiger partial charge on any atom is -0.376 e. The molecule has 2 aliphatic rings. The summed E-state index contributed by atoms with van der Waals surface area (Å²) >= 11 is 1.35. The number of anilines is 1. The van der Waals surface area contributed by atoms with Crippen molar-refractivity contribution < 1.29 is 18.7 Å². The van der Waals surface area contributed by atoms with Crippen LogP contribution in [0.2, 0.25) is 0 Å². The van der Waals surface area contributed by atoms with Crippen molar-refractivity contribution in [2.45, 2.75) is 38.0 Å². The van der Waals surface area contributed by atoms with Gasteiger partial charge in [0.05, 0.1) is 28.5 Å². The molecule has 4 aromatic rings. The van der Waals surface area contributed by atoms with Crippen molar-refractivity contribution in [1.82, 2.24) is 15.1 Å². The average molecular weight is 585 g/mol. The molecule has 0 radical (unpaired) electrons. The third kappa shape index (κ3) is 5.58. The number of nitrogens with one attached hydrogen (secondary N) is 1. The van der Waals surface area contributed by atoms with Crippen LogP contribution >= 0.6 is 11.8 Å². The summed E-state index contributed by atoms with van der Waals surface area (Å²) in [6, 6.07) is 22.4. The van der Waals surface area contributed by atoms with Gasteiger partial charge >= 0.3 is 0 Å². The van der Waals surface area contributed by atoms with Gasteiger partial charge in [-0.15, -0.1) is 11.8 Å². The first kappa shape index (κ1) is 28.2. The fraction of sp³-hybridized carbons (Fsp3) is 0.303. The maximum atomic E-state index is 15.4. The van der Waals surface area contributed by atoms with Gasteiger partial charge in [0.2, 0.25) is 11.8 Å². The molecule has 6 rings (SSSR count). The third-order valence-electron chi connectivity index (χ3n) is 7.76. The lowest BCUT2D eigenvalue weighted by Gasteiger charge is -2.24. The van der Waals surface area contributed by atoms with Crippen LogP contribution in [0.15, 0.2) is 72.8 Å². The van der Waals surface area contributed by atoms with E-state index < -0.39 is 5.25 Å². The summed E-state index contributed by atoms with van der Waals surface area (Å²) in [6.07, 6.45) is 1.85. The van der Waals surface area contributed by atoms with Gasteiger partial charge in [-0.3, -0.25) is 14.5 Å². The first-order valence-corrected chi connectivity index (χ1v) is 15.3. The molecule has 1 fully saturated rings. The predicted molar refractivity (Wildman–Crippen MR) is 164 cm³/mol. The topological polar surface area (TPSA) is 76.5 Å². The molecular weight excluding hydrogens is 551 g/mol. The Morgan fingerprint density at radius 2 is 1.88 bits per heavy atom. The Hall–Kier alpha value is -3.95. The van der Waals surface area contributed by atoms with Gasteiger partial charge in [0, 0.05) is 29.8 Å². The Bertz CT molecular complexity index is 1620. The fourth-order valence-corrected chi connectivity index (χ4v) is 6.92. The highest BCUT2D eigenvalue weighted by Crippen LogP contribution is 2.49. The molecule has 3 aromatic carbocycles. The normalized spacial score (nSPS) is 18.5. The zero-order valence-corrected chi connectivity index (χ0v) is 24.5. The smallest absolute Gasteiger partial charge is 0.240 e. The van der Waals surface area contributed by atoms with Gasteiger partial charge in [-0.25, -0.2) is 9.07 Å². The van der Waals surface area contributed by atoms with E-state index in [0.717, 1.165) is 35.2 Å². The summed E-state index contributed by atoms with van der Waals surface area (Å²) in [4.78, 5) is 28.7. The average Bonchev–Trinajstić information content (AvgIpc) is 3.62. The minimum absolute atomic E-state index is 0.0178. The van der Waals surface area contributed by atoms with Gasteiger partial charge in [-0.05, 0) is 44.4 Å². The molecule has 0 aliphatic carbocycles. The predicted octanol–water partition coefficient (Wildman–Crippen LogP) is 5.76. The number of ether oxygens (including phenoxy) is 1. The van der Waals surface area contributed by atoms with Crippen molar-refractivity contribution in [1.29, 1.82) is 0 Å². The van der Waals surface area contributed by atoms with Crippen molar-refractivity contribution in [3.05, 3.63) is 101 Å². The summed E-state index contributed by atoms with van der Waals surface area (Å²) in [5.41, 5.74) is 5.51. The van der Waals surface area contributed by atoms with Crippen LogP contribution < -0.4 is 10.2 Å². The number of hydrogen-bond donors (Lipinski definition) is 1. The fourth-order valence-electron chi connectivity index (χ4n) is 5.71. The second-order valence-corrected chi connectivity index (χ2v) is 11.9. The Balaban J connectivity index is 1.55. The number of fused-ring (bicyclic) bond motifs is 1. The largest absolute Gasteiger partial charge is 0.376 e. The number of thioether (sulfide) groups is 1. The highest BCUT2D eigenvalue weighted by Gasteiger charge is 2.38. The van der Waals surface area contributed by atoms with Crippen molar-refractivity contribution in [3.63, 3.8) is 0 Å². The van der Waals surface area contributed by atoms with Crippen LogP contribution in [0.5, 0.6) is 0 Å². The van der Waals surface area contributed by atoms with E-state index in [-0.39, 0.29) is 36.0 Å². The van der Waals surface area contributed by atoms with Gasteiger partial charge in [-0.1, -0.05) is 66.2 Å². The van der Waals surface area contributed by atoms with E-state index in [9.17, 15) is 9.59 Å². The van der Waals surface area contributed by atoms with E-state index in [0.29, 0.717) is 35.8 Å². The monoisotopic (exact) mass is 584 g/mol. The molecule has 1 aromatic heterocycles. The zero-order valence-electron chi connectivity index (χ0n) is 23.7. The van der Waals surface area contributed by atoms with Gasteiger partial charge in [-0.2, -0.15) is 5.10 Å². The van der Waals surface area contributed by atoms with Gasteiger partial charge in [0.1, 0.15) is 18.2 Å². The van der Waals surface area contributed by atoms with Gasteiger partial charge in [0.25, 0.3) is 0 Å². The third-order valence-corrected chi connectivity index (χ3v) is 8.99. The molecule has 1 N–H and O–H groups in total. The van der Waals surface area contributed by atoms with Crippen molar-refractivity contribution >= 4 is 29.4 Å². The second-order valence-electron chi connectivity index (χ2n) is 10.8. The molecule has 0 saturated carbocycles. The van der Waals surface area contributed by atoms with Crippen molar-refractivity contribution in [2.75, 3.05) is 30.3 Å². The lowest BCUT2D eigenvalue weighted by Crippen LogP contribution is -2.44. The molecule has 2 aliphatic heterocycles. The summed E-state index contributed by atoms with van der Waals surface area (Å²) < 4.78 is 22.8. The quantitative estimate of drug-likeness (QED) is 0.299. The number of carbonyl (C=O) groups excluding carboxylic acids is 2. The molecule has 216 valence electrons. The van der Waals surface area contributed by atoms with Crippen LogP contribution in [0.4, 0.5) is 10.2 Å². The maximum absolute atomic E-state index is 15.4. The minimum atomic E-state index is -0.528. The van der Waals surface area contributed by atoms with Crippen LogP contribution in [0, 0.1) is 19.7 Å². The zero-order chi connectivity index (χ0) is 29.2. The first-order chi connectivity index (χ1) is 20.4. The number of carbonyl (C=O) groups is 2. The number of aryl methyl sites for hydroxylation is 2. The number of halogens is 1. The van der Waals surface area contributed by atoms with Crippen molar-refractivity contribution in [3.8, 4) is 16.9 Å². The summed E-state index contributed by atoms with van der Waals surface area (Å²) in [5.74, 6) is -0.314. The molecule has 9 heteroatoms. The highest BCUT2D eigenvalue weighted by molar-refractivity contribution is 8.00. The van der Waals surface area contributed by atoms with E-state index in [1.54, 1.807) is 22.9 Å². The summed E-state index contributed by atoms with van der Waals surface area (Å²) in [7, 11) is 0. The van der Waals surface area contributed by atoms with Crippen LogP contribution in [0.3, 0.4) is 0 Å². The molecule has 42 heavy (non-hydrogen) atoms. The molecule has 0 spiro atoms. The standard InChI is InChI=1S/C33H33FN4O3S/c1-21-14-15-27(22(2)17-21)38-33-30(31(36-38)23-9-4-3-5-10-23)32(25-12-6-7-13-26(25)34)42-20-29(40)37(33)19-28(39)35-18-24-11-8-16-41-24/h3-7,9-10,12-15,17,24,32H,8,11,16,18-20H2,1-2H3,(H,35,39)/t24-,32-/m1/s1. The number of benzene rings is 3. The van der Waals surface area contributed by atoms with E-state index in [4.69, 9.17) is 9.84 Å². The molecular formula is C33H33FN4O3S.